The molecule has 0 unspecified atom stereocenters. The molecular weight excluding hydrogens is 524 g/mol. The van der Waals surface area contributed by atoms with Crippen molar-refractivity contribution in [1.29, 1.82) is 0 Å². The number of benzene rings is 3. The van der Waals surface area contributed by atoms with Crippen molar-refractivity contribution in [3.63, 3.8) is 0 Å². The fraction of sp³-hybridized carbons (Fsp3) is 0.154. The number of carbonyl (C=O) groups excluding carboxylic acids is 1. The molecule has 39 heavy (non-hydrogen) atoms. The summed E-state index contributed by atoms with van der Waals surface area (Å²) in [7, 11) is 4.59. The Hall–Kier alpha value is -4.91. The maximum absolute atomic E-state index is 12.5. The van der Waals surface area contributed by atoms with Crippen LogP contribution in [0.25, 0.3) is 17.1 Å². The number of non-ortho nitro benzene ring substituents is 1. The molecule has 3 aromatic carbocycles. The van der Waals surface area contributed by atoms with Gasteiger partial charge in [-0.1, -0.05) is 42.1 Å². The van der Waals surface area contributed by atoms with E-state index in [2.05, 4.69) is 20.7 Å². The second kappa shape index (κ2) is 12.6. The number of thioether (sulfide) groups is 1. The van der Waals surface area contributed by atoms with Crippen molar-refractivity contribution in [2.45, 2.75) is 5.16 Å². The minimum absolute atomic E-state index is 0.00744. The van der Waals surface area contributed by atoms with Gasteiger partial charge >= 0.3 is 0 Å². The maximum Gasteiger partial charge on any atom is 0.270 e. The van der Waals surface area contributed by atoms with Gasteiger partial charge in [0, 0.05) is 28.9 Å². The van der Waals surface area contributed by atoms with Gasteiger partial charge in [0.2, 0.25) is 5.75 Å². The zero-order valence-electron chi connectivity index (χ0n) is 21.2. The number of ether oxygens (including phenoxy) is 3. The lowest BCUT2D eigenvalue weighted by Gasteiger charge is -2.15. The third-order valence-electron chi connectivity index (χ3n) is 5.39. The van der Waals surface area contributed by atoms with E-state index in [0.717, 1.165) is 5.69 Å². The number of hydrazone groups is 1. The van der Waals surface area contributed by atoms with E-state index in [1.54, 1.807) is 24.3 Å². The standard InChI is InChI=1S/C26H24N6O6S/c1-36-21-13-18(14-22(37-2)24(21)38-3)25-29-30-26(31(25)19-9-5-4-6-10-19)39-16-23(33)28-27-15-17-8-7-11-20(12-17)32(34)35/h4-15H,16H2,1-3H3,(H,28,33). The Morgan fingerprint density at radius 1 is 1.03 bits per heavy atom. The van der Waals surface area contributed by atoms with Crippen molar-refractivity contribution < 1.29 is 23.9 Å². The molecule has 0 aliphatic rings. The summed E-state index contributed by atoms with van der Waals surface area (Å²) in [6, 6.07) is 18.9. The molecule has 0 aliphatic heterocycles. The van der Waals surface area contributed by atoms with E-state index in [9.17, 15) is 14.9 Å². The van der Waals surface area contributed by atoms with Gasteiger partial charge < -0.3 is 14.2 Å². The highest BCUT2D eigenvalue weighted by atomic mass is 32.2. The average Bonchev–Trinajstić information content (AvgIpc) is 3.39. The number of hydrogen-bond acceptors (Lipinski definition) is 10. The summed E-state index contributed by atoms with van der Waals surface area (Å²) >= 11 is 1.17. The second-order valence-electron chi connectivity index (χ2n) is 7.83. The van der Waals surface area contributed by atoms with Gasteiger partial charge in [0.15, 0.2) is 22.5 Å². The van der Waals surface area contributed by atoms with E-state index in [-0.39, 0.29) is 11.4 Å². The molecule has 0 radical (unpaired) electrons. The molecule has 1 aromatic heterocycles. The minimum atomic E-state index is -0.498. The zero-order chi connectivity index (χ0) is 27.8. The predicted molar refractivity (Wildman–Crippen MR) is 146 cm³/mol. The number of methoxy groups -OCH3 is 3. The average molecular weight is 549 g/mol. The quantitative estimate of drug-likeness (QED) is 0.127. The SMILES string of the molecule is COc1cc(-c2nnc(SCC(=O)NN=Cc3cccc([N+](=O)[O-])c3)n2-c2ccccc2)cc(OC)c1OC. The van der Waals surface area contributed by atoms with E-state index in [1.165, 1.54) is 51.4 Å². The lowest BCUT2D eigenvalue weighted by Crippen LogP contribution is -2.20. The first kappa shape index (κ1) is 27.1. The summed E-state index contributed by atoms with van der Waals surface area (Å²) in [5.41, 5.74) is 4.30. The highest BCUT2D eigenvalue weighted by molar-refractivity contribution is 7.99. The Bertz CT molecular complexity index is 1480. The van der Waals surface area contributed by atoms with Gasteiger partial charge in [0.05, 0.1) is 38.2 Å². The van der Waals surface area contributed by atoms with Gasteiger partial charge in [-0.3, -0.25) is 19.5 Å². The zero-order valence-corrected chi connectivity index (χ0v) is 22.0. The lowest BCUT2D eigenvalue weighted by atomic mass is 10.1. The molecule has 1 heterocycles. The van der Waals surface area contributed by atoms with Crippen LogP contribution < -0.4 is 19.6 Å². The summed E-state index contributed by atoms with van der Waals surface area (Å²) in [6.45, 7) is 0. The Morgan fingerprint density at radius 2 is 1.74 bits per heavy atom. The normalized spacial score (nSPS) is 10.8. The first-order valence-electron chi connectivity index (χ1n) is 11.5. The topological polar surface area (TPSA) is 143 Å². The lowest BCUT2D eigenvalue weighted by molar-refractivity contribution is -0.384. The number of aromatic nitrogens is 3. The summed E-state index contributed by atoms with van der Waals surface area (Å²) in [5.74, 6) is 1.48. The van der Waals surface area contributed by atoms with Crippen molar-refractivity contribution in [2.75, 3.05) is 27.1 Å². The van der Waals surface area contributed by atoms with Crippen LogP contribution in [0.2, 0.25) is 0 Å². The monoisotopic (exact) mass is 548 g/mol. The van der Waals surface area contributed by atoms with E-state index < -0.39 is 10.8 Å². The highest BCUT2D eigenvalue weighted by Crippen LogP contribution is 2.41. The molecule has 12 nitrogen and oxygen atoms in total. The molecule has 0 fully saturated rings. The molecule has 0 spiro atoms. The number of amides is 1. The van der Waals surface area contributed by atoms with Gasteiger partial charge in [-0.05, 0) is 24.3 Å². The highest BCUT2D eigenvalue weighted by Gasteiger charge is 2.21. The number of rotatable bonds is 11. The number of carbonyl (C=O) groups is 1. The van der Waals surface area contributed by atoms with Crippen LogP contribution in [0.15, 0.2) is 77.0 Å². The maximum atomic E-state index is 12.5. The van der Waals surface area contributed by atoms with Gasteiger partial charge in [-0.2, -0.15) is 5.10 Å². The molecule has 13 heteroatoms. The Labute approximate surface area is 227 Å². The van der Waals surface area contributed by atoms with Gasteiger partial charge in [-0.25, -0.2) is 5.43 Å². The number of nitrogens with one attached hydrogen (secondary N) is 1. The van der Waals surface area contributed by atoms with Crippen molar-refractivity contribution in [2.24, 2.45) is 5.10 Å². The fourth-order valence-electron chi connectivity index (χ4n) is 3.63. The molecule has 0 saturated heterocycles. The fourth-order valence-corrected chi connectivity index (χ4v) is 4.37. The first-order chi connectivity index (χ1) is 18.9. The Balaban J connectivity index is 1.57. The number of hydrogen-bond donors (Lipinski definition) is 1. The molecule has 0 aliphatic carbocycles. The number of para-hydroxylation sites is 1. The smallest absolute Gasteiger partial charge is 0.270 e. The van der Waals surface area contributed by atoms with Crippen LogP contribution in [0.5, 0.6) is 17.2 Å². The molecule has 0 saturated carbocycles. The third-order valence-corrected chi connectivity index (χ3v) is 6.32. The number of nitro benzene ring substituents is 1. The second-order valence-corrected chi connectivity index (χ2v) is 8.77. The van der Waals surface area contributed by atoms with Crippen LogP contribution in [-0.4, -0.2) is 58.9 Å². The summed E-state index contributed by atoms with van der Waals surface area (Å²) in [4.78, 5) is 22.9. The minimum Gasteiger partial charge on any atom is -0.493 e. The number of nitro groups is 1. The molecule has 0 atom stereocenters. The van der Waals surface area contributed by atoms with E-state index in [0.29, 0.717) is 39.4 Å². The summed E-state index contributed by atoms with van der Waals surface area (Å²) in [6.07, 6.45) is 1.34. The van der Waals surface area contributed by atoms with Crippen molar-refractivity contribution in [3.8, 4) is 34.3 Å². The van der Waals surface area contributed by atoms with Crippen LogP contribution in [0.3, 0.4) is 0 Å². The van der Waals surface area contributed by atoms with E-state index >= 15 is 0 Å². The van der Waals surface area contributed by atoms with Crippen LogP contribution >= 0.6 is 11.8 Å². The van der Waals surface area contributed by atoms with Gasteiger partial charge in [-0.15, -0.1) is 10.2 Å². The van der Waals surface area contributed by atoms with Gasteiger partial charge in [0.25, 0.3) is 11.6 Å². The van der Waals surface area contributed by atoms with Gasteiger partial charge in [0.1, 0.15) is 0 Å². The molecular formula is C26H24N6O6S. The number of nitrogens with zero attached hydrogens (tertiary/aromatic N) is 5. The molecule has 200 valence electrons. The van der Waals surface area contributed by atoms with Crippen molar-refractivity contribution in [1.82, 2.24) is 20.2 Å². The first-order valence-corrected chi connectivity index (χ1v) is 12.4. The van der Waals surface area contributed by atoms with Crippen LogP contribution in [-0.2, 0) is 4.79 Å². The molecule has 1 amide bonds. The van der Waals surface area contributed by atoms with Crippen LogP contribution in [0.4, 0.5) is 5.69 Å². The van der Waals surface area contributed by atoms with Crippen molar-refractivity contribution in [3.05, 3.63) is 82.4 Å². The van der Waals surface area contributed by atoms with Crippen molar-refractivity contribution >= 4 is 29.6 Å². The Kier molecular flexibility index (Phi) is 8.74. The molecule has 0 bridgehead atoms. The van der Waals surface area contributed by atoms with Crippen LogP contribution in [0, 0.1) is 10.1 Å². The third kappa shape index (κ3) is 6.33. The van der Waals surface area contributed by atoms with E-state index in [4.69, 9.17) is 14.2 Å². The van der Waals surface area contributed by atoms with Crippen LogP contribution in [0.1, 0.15) is 5.56 Å². The predicted octanol–water partition coefficient (Wildman–Crippen LogP) is 4.11. The molecule has 4 rings (SSSR count). The summed E-state index contributed by atoms with van der Waals surface area (Å²) in [5, 5.41) is 24.0. The molecule has 4 aromatic rings. The largest absolute Gasteiger partial charge is 0.493 e. The molecule has 1 N–H and O–H groups in total. The Morgan fingerprint density at radius 3 is 2.38 bits per heavy atom. The summed E-state index contributed by atoms with van der Waals surface area (Å²) < 4.78 is 18.2. The van der Waals surface area contributed by atoms with E-state index in [1.807, 2.05) is 34.9 Å².